The fourth-order valence-electron chi connectivity index (χ4n) is 1.09. The Hall–Kier alpha value is -1.14. The van der Waals surface area contributed by atoms with Crippen LogP contribution in [0.15, 0.2) is 23.6 Å². The molecule has 0 aromatic carbocycles. The van der Waals surface area contributed by atoms with Gasteiger partial charge in [-0.2, -0.15) is 0 Å². The van der Waals surface area contributed by atoms with Gasteiger partial charge in [0.1, 0.15) is 5.03 Å². The minimum absolute atomic E-state index is 0.174. The monoisotopic (exact) mass is 226 g/mol. The highest BCUT2D eigenvalue weighted by atomic mass is 32.2. The summed E-state index contributed by atoms with van der Waals surface area (Å²) in [6, 6.07) is 0. The summed E-state index contributed by atoms with van der Waals surface area (Å²) in [6.45, 7) is 2.02. The molecule has 3 N–H and O–H groups in total. The second-order valence-electron chi connectivity index (χ2n) is 2.95. The molecule has 1 rings (SSSR count). The minimum Gasteiger partial charge on any atom is -0.293 e. The zero-order valence-corrected chi connectivity index (χ0v) is 9.33. The molecule has 0 saturated carbocycles. The maximum Gasteiger partial charge on any atom is 0.247 e. The molecular formula is C9H14N4OS. The van der Waals surface area contributed by atoms with Gasteiger partial charge in [0.25, 0.3) is 0 Å². The maximum atomic E-state index is 11.4. The molecule has 15 heavy (non-hydrogen) atoms. The smallest absolute Gasteiger partial charge is 0.247 e. The Balaban J connectivity index is 2.62. The van der Waals surface area contributed by atoms with Gasteiger partial charge in [-0.3, -0.25) is 15.2 Å². The Morgan fingerprint density at radius 2 is 2.47 bits per heavy atom. The normalized spacial score (nSPS) is 12.1. The molecule has 0 aliphatic carbocycles. The fourth-order valence-corrected chi connectivity index (χ4v) is 2.15. The quantitative estimate of drug-likeness (QED) is 0.335. The predicted molar refractivity (Wildman–Crippen MR) is 58.9 cm³/mol. The Labute approximate surface area is 92.8 Å². The van der Waals surface area contributed by atoms with E-state index in [9.17, 15) is 4.79 Å². The number of carbonyl (C=O) groups is 1. The molecule has 5 nitrogen and oxygen atoms in total. The van der Waals surface area contributed by atoms with Gasteiger partial charge in [-0.05, 0) is 6.42 Å². The van der Waals surface area contributed by atoms with Crippen LogP contribution in [0.3, 0.4) is 0 Å². The number of amides is 1. The van der Waals surface area contributed by atoms with Gasteiger partial charge in [0.2, 0.25) is 5.91 Å². The van der Waals surface area contributed by atoms with Crippen molar-refractivity contribution >= 4 is 17.7 Å². The SMILES string of the molecule is CCCC(Sc1cnccn1)C(=O)NN. The van der Waals surface area contributed by atoms with Gasteiger partial charge >= 0.3 is 0 Å². The average molecular weight is 226 g/mol. The third kappa shape index (κ3) is 3.85. The van der Waals surface area contributed by atoms with Crippen molar-refractivity contribution in [3.63, 3.8) is 0 Å². The molecule has 0 fully saturated rings. The van der Waals surface area contributed by atoms with Crippen molar-refractivity contribution in [2.24, 2.45) is 5.84 Å². The Morgan fingerprint density at radius 3 is 3.00 bits per heavy atom. The molecule has 0 saturated heterocycles. The maximum absolute atomic E-state index is 11.4. The second kappa shape index (κ2) is 6.36. The van der Waals surface area contributed by atoms with Crippen LogP contribution in [0.4, 0.5) is 0 Å². The number of nitrogens with one attached hydrogen (secondary N) is 1. The molecular weight excluding hydrogens is 212 g/mol. The van der Waals surface area contributed by atoms with E-state index in [0.29, 0.717) is 0 Å². The van der Waals surface area contributed by atoms with Gasteiger partial charge in [-0.1, -0.05) is 25.1 Å². The van der Waals surface area contributed by atoms with Crippen LogP contribution in [0, 0.1) is 0 Å². The van der Waals surface area contributed by atoms with Crippen LogP contribution in [-0.2, 0) is 4.79 Å². The topological polar surface area (TPSA) is 80.9 Å². The van der Waals surface area contributed by atoms with Crippen LogP contribution in [0.2, 0.25) is 0 Å². The summed E-state index contributed by atoms with van der Waals surface area (Å²) >= 11 is 1.38. The summed E-state index contributed by atoms with van der Waals surface area (Å²) in [6.07, 6.45) is 6.53. The van der Waals surface area contributed by atoms with Crippen LogP contribution in [-0.4, -0.2) is 21.1 Å². The van der Waals surface area contributed by atoms with Gasteiger partial charge in [0.05, 0.1) is 11.4 Å². The van der Waals surface area contributed by atoms with Crippen LogP contribution >= 0.6 is 11.8 Å². The number of hydrogen-bond donors (Lipinski definition) is 2. The Kier molecular flexibility index (Phi) is 5.06. The summed E-state index contributed by atoms with van der Waals surface area (Å²) in [5.74, 6) is 4.93. The largest absolute Gasteiger partial charge is 0.293 e. The van der Waals surface area contributed by atoms with Gasteiger partial charge in [0.15, 0.2) is 0 Å². The minimum atomic E-state index is -0.198. The van der Waals surface area contributed by atoms with Gasteiger partial charge in [0, 0.05) is 12.4 Å². The first-order valence-electron chi connectivity index (χ1n) is 4.71. The van der Waals surface area contributed by atoms with Crippen molar-refractivity contribution < 1.29 is 4.79 Å². The highest BCUT2D eigenvalue weighted by molar-refractivity contribution is 8.00. The number of nitrogens with two attached hydrogens (primary N) is 1. The lowest BCUT2D eigenvalue weighted by Crippen LogP contribution is -2.37. The lowest BCUT2D eigenvalue weighted by atomic mass is 10.2. The molecule has 1 aromatic heterocycles. The van der Waals surface area contributed by atoms with E-state index in [4.69, 9.17) is 5.84 Å². The van der Waals surface area contributed by atoms with E-state index in [0.717, 1.165) is 17.9 Å². The first-order valence-corrected chi connectivity index (χ1v) is 5.59. The van der Waals surface area contributed by atoms with Crippen molar-refractivity contribution in [2.45, 2.75) is 30.0 Å². The summed E-state index contributed by atoms with van der Waals surface area (Å²) in [5.41, 5.74) is 2.16. The van der Waals surface area contributed by atoms with Crippen LogP contribution in [0.5, 0.6) is 0 Å². The molecule has 1 amide bonds. The third-order valence-corrected chi connectivity index (χ3v) is 2.97. The van der Waals surface area contributed by atoms with Crippen LogP contribution in [0.1, 0.15) is 19.8 Å². The molecule has 1 aromatic rings. The highest BCUT2D eigenvalue weighted by Gasteiger charge is 2.18. The number of hydrogen-bond acceptors (Lipinski definition) is 5. The van der Waals surface area contributed by atoms with E-state index in [2.05, 4.69) is 15.4 Å². The molecule has 0 aliphatic rings. The van der Waals surface area contributed by atoms with Crippen LogP contribution < -0.4 is 11.3 Å². The van der Waals surface area contributed by atoms with Crippen molar-refractivity contribution in [2.75, 3.05) is 0 Å². The zero-order valence-electron chi connectivity index (χ0n) is 8.51. The van der Waals surface area contributed by atoms with Crippen molar-refractivity contribution in [1.29, 1.82) is 0 Å². The number of carbonyl (C=O) groups excluding carboxylic acids is 1. The number of thioether (sulfide) groups is 1. The number of nitrogens with zero attached hydrogens (tertiary/aromatic N) is 2. The molecule has 1 unspecified atom stereocenters. The first kappa shape index (κ1) is 11.9. The number of aromatic nitrogens is 2. The van der Waals surface area contributed by atoms with Crippen molar-refractivity contribution in [3.8, 4) is 0 Å². The molecule has 82 valence electrons. The predicted octanol–water partition coefficient (Wildman–Crippen LogP) is 0.727. The summed E-state index contributed by atoms with van der Waals surface area (Å²) in [4.78, 5) is 19.4. The van der Waals surface area contributed by atoms with Crippen molar-refractivity contribution in [3.05, 3.63) is 18.6 Å². The first-order chi connectivity index (χ1) is 7.27. The van der Waals surface area contributed by atoms with Gasteiger partial charge in [-0.25, -0.2) is 10.8 Å². The van der Waals surface area contributed by atoms with Crippen molar-refractivity contribution in [1.82, 2.24) is 15.4 Å². The molecule has 1 heterocycles. The number of hydrazine groups is 1. The van der Waals surface area contributed by atoms with E-state index in [-0.39, 0.29) is 11.2 Å². The van der Waals surface area contributed by atoms with E-state index in [1.165, 1.54) is 11.8 Å². The molecule has 0 spiro atoms. The van der Waals surface area contributed by atoms with Crippen LogP contribution in [0.25, 0.3) is 0 Å². The highest BCUT2D eigenvalue weighted by Crippen LogP contribution is 2.23. The molecule has 0 bridgehead atoms. The second-order valence-corrected chi connectivity index (χ2v) is 4.17. The zero-order chi connectivity index (χ0) is 11.1. The third-order valence-electron chi connectivity index (χ3n) is 1.79. The molecule has 0 radical (unpaired) electrons. The molecule has 1 atom stereocenters. The van der Waals surface area contributed by atoms with E-state index in [1.54, 1.807) is 18.6 Å². The number of rotatable bonds is 5. The van der Waals surface area contributed by atoms with Gasteiger partial charge in [-0.15, -0.1) is 0 Å². The van der Waals surface area contributed by atoms with Gasteiger partial charge < -0.3 is 0 Å². The summed E-state index contributed by atoms with van der Waals surface area (Å²) in [5, 5.41) is 0.538. The molecule has 0 aliphatic heterocycles. The lowest BCUT2D eigenvalue weighted by molar-refractivity contribution is -0.120. The van der Waals surface area contributed by atoms with E-state index >= 15 is 0 Å². The standard InChI is InChI=1S/C9H14N4OS/c1-2-3-7(9(14)13-10)15-8-6-11-4-5-12-8/h4-7H,2-3,10H2,1H3,(H,13,14). The van der Waals surface area contributed by atoms with E-state index < -0.39 is 0 Å². The van der Waals surface area contributed by atoms with E-state index in [1.807, 2.05) is 6.92 Å². The Morgan fingerprint density at radius 1 is 1.67 bits per heavy atom. The fraction of sp³-hybridized carbons (Fsp3) is 0.444. The average Bonchev–Trinajstić information content (AvgIpc) is 2.29. The summed E-state index contributed by atoms with van der Waals surface area (Å²) < 4.78 is 0. The molecule has 6 heteroatoms. The Bertz CT molecular complexity index is 306. The summed E-state index contributed by atoms with van der Waals surface area (Å²) in [7, 11) is 0. The lowest BCUT2D eigenvalue weighted by Gasteiger charge is -2.12.